The van der Waals surface area contributed by atoms with Crippen molar-refractivity contribution in [3.8, 4) is 0 Å². The SMILES string of the molecule is C=C(C)[C@@H](O)CC[C@H](O)C(=C)C. The van der Waals surface area contributed by atoms with Gasteiger partial charge in [-0.3, -0.25) is 0 Å². The largest absolute Gasteiger partial charge is 0.389 e. The quantitative estimate of drug-likeness (QED) is 0.616. The Morgan fingerprint density at radius 2 is 1.25 bits per heavy atom. The Balaban J connectivity index is 3.68. The summed E-state index contributed by atoms with van der Waals surface area (Å²) in [6, 6.07) is 0. The van der Waals surface area contributed by atoms with Gasteiger partial charge in [-0.1, -0.05) is 24.3 Å². The van der Waals surface area contributed by atoms with Crippen LogP contribution in [-0.4, -0.2) is 22.4 Å². The smallest absolute Gasteiger partial charge is 0.0745 e. The van der Waals surface area contributed by atoms with Crippen molar-refractivity contribution in [1.82, 2.24) is 0 Å². The molecule has 0 aromatic carbocycles. The van der Waals surface area contributed by atoms with Gasteiger partial charge in [-0.05, 0) is 26.7 Å². The van der Waals surface area contributed by atoms with E-state index in [1.54, 1.807) is 13.8 Å². The van der Waals surface area contributed by atoms with E-state index in [1.807, 2.05) is 0 Å². The van der Waals surface area contributed by atoms with Crippen LogP contribution in [0.1, 0.15) is 26.7 Å². The van der Waals surface area contributed by atoms with Gasteiger partial charge in [-0.25, -0.2) is 0 Å². The summed E-state index contributed by atoms with van der Waals surface area (Å²) in [7, 11) is 0. The number of rotatable bonds is 5. The summed E-state index contributed by atoms with van der Waals surface area (Å²) in [4.78, 5) is 0. The molecule has 0 unspecified atom stereocenters. The lowest BCUT2D eigenvalue weighted by Gasteiger charge is -2.13. The monoisotopic (exact) mass is 170 g/mol. The number of hydrogen-bond acceptors (Lipinski definition) is 2. The van der Waals surface area contributed by atoms with Crippen LogP contribution in [0, 0.1) is 0 Å². The van der Waals surface area contributed by atoms with Gasteiger partial charge in [0.05, 0.1) is 12.2 Å². The molecule has 70 valence electrons. The highest BCUT2D eigenvalue weighted by Gasteiger charge is 2.09. The first-order valence-corrected chi connectivity index (χ1v) is 4.12. The average molecular weight is 170 g/mol. The zero-order valence-electron chi connectivity index (χ0n) is 7.88. The topological polar surface area (TPSA) is 40.5 Å². The minimum Gasteiger partial charge on any atom is -0.389 e. The fraction of sp³-hybridized carbons (Fsp3) is 0.600. The third kappa shape index (κ3) is 4.31. The highest BCUT2D eigenvalue weighted by molar-refractivity contribution is 5.00. The molecule has 0 aromatic heterocycles. The molecule has 0 aliphatic heterocycles. The molecule has 0 saturated heterocycles. The van der Waals surface area contributed by atoms with Gasteiger partial charge in [-0.15, -0.1) is 0 Å². The highest BCUT2D eigenvalue weighted by Crippen LogP contribution is 2.11. The third-order valence-electron chi connectivity index (χ3n) is 1.85. The second kappa shape index (κ2) is 5.12. The Hall–Kier alpha value is -0.600. The van der Waals surface area contributed by atoms with Crippen molar-refractivity contribution in [3.63, 3.8) is 0 Å². The van der Waals surface area contributed by atoms with Crippen LogP contribution in [0.4, 0.5) is 0 Å². The van der Waals surface area contributed by atoms with Crippen LogP contribution in [0.25, 0.3) is 0 Å². The van der Waals surface area contributed by atoms with E-state index in [0.29, 0.717) is 12.8 Å². The van der Waals surface area contributed by atoms with Crippen LogP contribution >= 0.6 is 0 Å². The minimum absolute atomic E-state index is 0.501. The van der Waals surface area contributed by atoms with Crippen molar-refractivity contribution in [2.24, 2.45) is 0 Å². The molecular formula is C10H18O2. The summed E-state index contributed by atoms with van der Waals surface area (Å²) < 4.78 is 0. The van der Waals surface area contributed by atoms with Crippen molar-refractivity contribution in [2.45, 2.75) is 38.9 Å². The maximum Gasteiger partial charge on any atom is 0.0745 e. The molecule has 2 nitrogen and oxygen atoms in total. The summed E-state index contributed by atoms with van der Waals surface area (Å²) in [5, 5.41) is 18.6. The Bertz CT molecular complexity index is 153. The number of hydrogen-bond donors (Lipinski definition) is 2. The highest BCUT2D eigenvalue weighted by atomic mass is 16.3. The first-order chi connectivity index (χ1) is 5.45. The Kier molecular flexibility index (Phi) is 4.86. The average Bonchev–Trinajstić information content (AvgIpc) is 1.98. The van der Waals surface area contributed by atoms with Gasteiger partial charge < -0.3 is 10.2 Å². The molecule has 0 fully saturated rings. The summed E-state index contributed by atoms with van der Waals surface area (Å²) in [6.45, 7) is 10.8. The van der Waals surface area contributed by atoms with Crippen molar-refractivity contribution in [1.29, 1.82) is 0 Å². The minimum atomic E-state index is -0.501. The molecule has 0 amide bonds. The molecule has 0 spiro atoms. The van der Waals surface area contributed by atoms with Crippen LogP contribution in [0.3, 0.4) is 0 Å². The standard InChI is InChI=1S/C10H18O2/c1-7(2)9(11)5-6-10(12)8(3)4/h9-12H,1,3,5-6H2,2,4H3/t9-,10-/m0/s1. The zero-order chi connectivity index (χ0) is 9.72. The molecule has 2 N–H and O–H groups in total. The van der Waals surface area contributed by atoms with Gasteiger partial charge in [0.15, 0.2) is 0 Å². The van der Waals surface area contributed by atoms with E-state index in [2.05, 4.69) is 13.2 Å². The lowest BCUT2D eigenvalue weighted by molar-refractivity contribution is 0.150. The van der Waals surface area contributed by atoms with Crippen LogP contribution in [0.15, 0.2) is 24.3 Å². The molecular weight excluding hydrogens is 152 g/mol. The molecule has 0 bridgehead atoms. The molecule has 0 rings (SSSR count). The molecule has 2 atom stereocenters. The van der Waals surface area contributed by atoms with E-state index in [9.17, 15) is 10.2 Å². The fourth-order valence-corrected chi connectivity index (χ4v) is 0.809. The maximum absolute atomic E-state index is 9.32. The lowest BCUT2D eigenvalue weighted by Crippen LogP contribution is -2.14. The predicted octanol–water partition coefficient (Wildman–Crippen LogP) is 1.64. The molecule has 0 radical (unpaired) electrons. The van der Waals surface area contributed by atoms with Crippen LogP contribution in [0.5, 0.6) is 0 Å². The van der Waals surface area contributed by atoms with Gasteiger partial charge in [0.1, 0.15) is 0 Å². The van der Waals surface area contributed by atoms with Crippen molar-refractivity contribution in [2.75, 3.05) is 0 Å². The van der Waals surface area contributed by atoms with Gasteiger partial charge in [0, 0.05) is 0 Å². The van der Waals surface area contributed by atoms with Gasteiger partial charge in [-0.2, -0.15) is 0 Å². The molecule has 0 saturated carbocycles. The zero-order valence-corrected chi connectivity index (χ0v) is 7.88. The van der Waals surface area contributed by atoms with Gasteiger partial charge >= 0.3 is 0 Å². The van der Waals surface area contributed by atoms with Gasteiger partial charge in [0.25, 0.3) is 0 Å². The second-order valence-corrected chi connectivity index (χ2v) is 3.30. The third-order valence-corrected chi connectivity index (χ3v) is 1.85. The molecule has 0 aliphatic rings. The molecule has 2 heteroatoms. The van der Waals surface area contributed by atoms with Crippen LogP contribution in [0.2, 0.25) is 0 Å². The van der Waals surface area contributed by atoms with E-state index in [4.69, 9.17) is 0 Å². The summed E-state index contributed by atoms with van der Waals surface area (Å²) >= 11 is 0. The Labute approximate surface area is 74.2 Å². The summed E-state index contributed by atoms with van der Waals surface area (Å²) in [5.74, 6) is 0. The van der Waals surface area contributed by atoms with E-state index < -0.39 is 12.2 Å². The molecule has 0 heterocycles. The lowest BCUT2D eigenvalue weighted by atomic mass is 10.0. The Morgan fingerprint density at radius 3 is 1.42 bits per heavy atom. The van der Waals surface area contributed by atoms with E-state index in [0.717, 1.165) is 11.1 Å². The van der Waals surface area contributed by atoms with Crippen LogP contribution < -0.4 is 0 Å². The first-order valence-electron chi connectivity index (χ1n) is 4.12. The van der Waals surface area contributed by atoms with Crippen molar-refractivity contribution < 1.29 is 10.2 Å². The molecule has 0 aliphatic carbocycles. The second-order valence-electron chi connectivity index (χ2n) is 3.30. The summed E-state index contributed by atoms with van der Waals surface area (Å²) in [5.41, 5.74) is 1.48. The van der Waals surface area contributed by atoms with Crippen LogP contribution in [-0.2, 0) is 0 Å². The number of aliphatic hydroxyl groups is 2. The van der Waals surface area contributed by atoms with Gasteiger partial charge in [0.2, 0.25) is 0 Å². The predicted molar refractivity (Wildman–Crippen MR) is 50.9 cm³/mol. The van der Waals surface area contributed by atoms with E-state index in [-0.39, 0.29) is 0 Å². The Morgan fingerprint density at radius 1 is 1.00 bits per heavy atom. The maximum atomic E-state index is 9.32. The van der Waals surface area contributed by atoms with E-state index in [1.165, 1.54) is 0 Å². The first kappa shape index (κ1) is 11.4. The van der Waals surface area contributed by atoms with Crippen molar-refractivity contribution in [3.05, 3.63) is 24.3 Å². The molecule has 0 aromatic rings. The summed E-state index contributed by atoms with van der Waals surface area (Å²) in [6.07, 6.45) is 0.0881. The number of aliphatic hydroxyl groups excluding tert-OH is 2. The normalized spacial score (nSPS) is 15.3. The van der Waals surface area contributed by atoms with E-state index >= 15 is 0 Å². The molecule has 12 heavy (non-hydrogen) atoms. The fourth-order valence-electron chi connectivity index (χ4n) is 0.809. The van der Waals surface area contributed by atoms with Crippen molar-refractivity contribution >= 4 is 0 Å².